The number of para-hydroxylation sites is 1. The number of carbonyl (C=O) groups is 3. The van der Waals surface area contributed by atoms with E-state index < -0.39 is 17.8 Å². The van der Waals surface area contributed by atoms with Crippen molar-refractivity contribution in [2.75, 3.05) is 19.5 Å². The molecule has 0 aromatic heterocycles. The SMILES string of the molecule is COc1ccc(C(=O)Oc2ccc3ccccc3c2/C=N\NC(=O)C(=O)Nc2ccccc2C)cc1OC. The molecule has 38 heavy (non-hydrogen) atoms. The molecule has 0 heterocycles. The van der Waals surface area contributed by atoms with Crippen LogP contribution in [0.2, 0.25) is 0 Å². The molecular weight excluding hydrogens is 486 g/mol. The topological polar surface area (TPSA) is 115 Å². The zero-order valence-corrected chi connectivity index (χ0v) is 21.0. The van der Waals surface area contributed by atoms with Gasteiger partial charge >= 0.3 is 17.8 Å². The number of aryl methyl sites for hydroxylation is 1. The van der Waals surface area contributed by atoms with Gasteiger partial charge in [-0.3, -0.25) is 9.59 Å². The lowest BCUT2D eigenvalue weighted by Gasteiger charge is -2.12. The first kappa shape index (κ1) is 25.9. The van der Waals surface area contributed by atoms with Crippen molar-refractivity contribution in [2.24, 2.45) is 5.10 Å². The summed E-state index contributed by atoms with van der Waals surface area (Å²) >= 11 is 0. The van der Waals surface area contributed by atoms with E-state index in [2.05, 4.69) is 15.8 Å². The van der Waals surface area contributed by atoms with Gasteiger partial charge in [0.2, 0.25) is 0 Å². The summed E-state index contributed by atoms with van der Waals surface area (Å²) in [6.45, 7) is 1.82. The van der Waals surface area contributed by atoms with Gasteiger partial charge in [-0.25, -0.2) is 10.2 Å². The molecule has 0 unspecified atom stereocenters. The van der Waals surface area contributed by atoms with E-state index in [4.69, 9.17) is 14.2 Å². The molecule has 4 aromatic rings. The highest BCUT2D eigenvalue weighted by Gasteiger charge is 2.17. The van der Waals surface area contributed by atoms with Gasteiger partial charge in [-0.2, -0.15) is 5.10 Å². The van der Waals surface area contributed by atoms with Crippen molar-refractivity contribution in [3.05, 3.63) is 95.6 Å². The Morgan fingerprint density at radius 3 is 2.26 bits per heavy atom. The maximum absolute atomic E-state index is 13.0. The fraction of sp³-hybridized carbons (Fsp3) is 0.103. The van der Waals surface area contributed by atoms with Crippen LogP contribution in [0.15, 0.2) is 84.0 Å². The van der Waals surface area contributed by atoms with E-state index in [0.717, 1.165) is 16.3 Å². The number of esters is 1. The van der Waals surface area contributed by atoms with Crippen LogP contribution in [0.5, 0.6) is 17.2 Å². The molecule has 0 fully saturated rings. The van der Waals surface area contributed by atoms with Gasteiger partial charge in [-0.1, -0.05) is 48.5 Å². The Kier molecular flexibility index (Phi) is 7.98. The van der Waals surface area contributed by atoms with Gasteiger partial charge in [0.05, 0.1) is 26.0 Å². The van der Waals surface area contributed by atoms with Crippen molar-refractivity contribution in [3.8, 4) is 17.2 Å². The summed E-state index contributed by atoms with van der Waals surface area (Å²) in [6.07, 6.45) is 1.33. The summed E-state index contributed by atoms with van der Waals surface area (Å²) in [5, 5.41) is 8.10. The van der Waals surface area contributed by atoms with Crippen molar-refractivity contribution < 1.29 is 28.6 Å². The van der Waals surface area contributed by atoms with Gasteiger partial charge in [-0.15, -0.1) is 0 Å². The minimum atomic E-state index is -0.950. The summed E-state index contributed by atoms with van der Waals surface area (Å²) in [5.41, 5.74) is 4.25. The Balaban J connectivity index is 1.56. The van der Waals surface area contributed by atoms with Crippen LogP contribution >= 0.6 is 0 Å². The first-order valence-corrected chi connectivity index (χ1v) is 11.6. The molecule has 9 nitrogen and oxygen atoms in total. The number of benzene rings is 4. The molecule has 0 saturated heterocycles. The van der Waals surface area contributed by atoms with Gasteiger partial charge in [0.25, 0.3) is 0 Å². The molecule has 9 heteroatoms. The monoisotopic (exact) mass is 511 g/mol. The van der Waals surface area contributed by atoms with E-state index in [1.54, 1.807) is 36.4 Å². The second-order valence-electron chi connectivity index (χ2n) is 8.13. The highest BCUT2D eigenvalue weighted by Crippen LogP contribution is 2.30. The average Bonchev–Trinajstić information content (AvgIpc) is 2.94. The average molecular weight is 512 g/mol. The molecule has 0 bridgehead atoms. The maximum atomic E-state index is 13.0. The van der Waals surface area contributed by atoms with Gasteiger partial charge < -0.3 is 19.5 Å². The zero-order chi connectivity index (χ0) is 27.1. The second kappa shape index (κ2) is 11.7. The molecule has 0 aliphatic rings. The van der Waals surface area contributed by atoms with Crippen LogP contribution < -0.4 is 25.0 Å². The molecule has 4 rings (SSSR count). The van der Waals surface area contributed by atoms with Crippen molar-refractivity contribution in [1.29, 1.82) is 0 Å². The standard InChI is InChI=1S/C29H25N3O6/c1-18-8-4-7-11-23(18)31-27(33)28(34)32-30-17-22-21-10-6-5-9-19(21)12-14-24(22)38-29(35)20-13-15-25(36-2)26(16-20)37-3/h4-17H,1-3H3,(H,31,33)(H,32,34)/b30-17-. The number of amides is 2. The van der Waals surface area contributed by atoms with Gasteiger partial charge in [0.1, 0.15) is 5.75 Å². The van der Waals surface area contributed by atoms with Gasteiger partial charge in [0, 0.05) is 11.3 Å². The summed E-state index contributed by atoms with van der Waals surface area (Å²) < 4.78 is 16.2. The third kappa shape index (κ3) is 5.79. The fourth-order valence-electron chi connectivity index (χ4n) is 3.72. The van der Waals surface area contributed by atoms with Crippen LogP contribution in [0, 0.1) is 6.92 Å². The number of hydrazone groups is 1. The molecule has 192 valence electrons. The summed E-state index contributed by atoms with van der Waals surface area (Å²) in [5.74, 6) is -1.37. The molecular formula is C29H25N3O6. The Hall–Kier alpha value is -5.18. The van der Waals surface area contributed by atoms with Crippen LogP contribution in [0.25, 0.3) is 10.8 Å². The van der Waals surface area contributed by atoms with Crippen molar-refractivity contribution >= 4 is 40.5 Å². The lowest BCUT2D eigenvalue weighted by atomic mass is 10.0. The largest absolute Gasteiger partial charge is 0.493 e. The molecule has 2 amide bonds. The lowest BCUT2D eigenvalue weighted by Crippen LogP contribution is -2.32. The lowest BCUT2D eigenvalue weighted by molar-refractivity contribution is -0.136. The van der Waals surface area contributed by atoms with Crippen LogP contribution in [-0.2, 0) is 9.59 Å². The molecule has 0 radical (unpaired) electrons. The number of hydrogen-bond donors (Lipinski definition) is 2. The molecule has 0 aliphatic carbocycles. The third-order valence-corrected chi connectivity index (χ3v) is 5.71. The Morgan fingerprint density at radius 2 is 1.50 bits per heavy atom. The molecule has 0 spiro atoms. The van der Waals surface area contributed by atoms with Crippen molar-refractivity contribution in [3.63, 3.8) is 0 Å². The predicted octanol–water partition coefficient (Wildman–Crippen LogP) is 4.47. The number of anilines is 1. The third-order valence-electron chi connectivity index (χ3n) is 5.71. The van der Waals surface area contributed by atoms with E-state index in [1.165, 1.54) is 26.5 Å². The summed E-state index contributed by atoms with van der Waals surface area (Å²) in [7, 11) is 2.97. The first-order valence-electron chi connectivity index (χ1n) is 11.6. The number of rotatable bonds is 7. The van der Waals surface area contributed by atoms with Crippen LogP contribution in [0.1, 0.15) is 21.5 Å². The smallest absolute Gasteiger partial charge is 0.343 e. The van der Waals surface area contributed by atoms with Crippen molar-refractivity contribution in [2.45, 2.75) is 6.92 Å². The van der Waals surface area contributed by atoms with Crippen molar-refractivity contribution in [1.82, 2.24) is 5.43 Å². The number of methoxy groups -OCH3 is 2. The molecule has 0 atom stereocenters. The normalized spacial score (nSPS) is 10.7. The Morgan fingerprint density at radius 1 is 0.789 bits per heavy atom. The number of nitrogens with zero attached hydrogens (tertiary/aromatic N) is 1. The number of ether oxygens (including phenoxy) is 3. The number of carbonyl (C=O) groups excluding carboxylic acids is 3. The van der Waals surface area contributed by atoms with E-state index in [-0.39, 0.29) is 11.3 Å². The maximum Gasteiger partial charge on any atom is 0.343 e. The quantitative estimate of drug-likeness (QED) is 0.124. The second-order valence-corrected chi connectivity index (χ2v) is 8.13. The van der Waals surface area contributed by atoms with E-state index in [0.29, 0.717) is 22.7 Å². The van der Waals surface area contributed by atoms with Crippen LogP contribution in [0.4, 0.5) is 5.69 Å². The Bertz CT molecular complexity index is 1550. The van der Waals surface area contributed by atoms with E-state index >= 15 is 0 Å². The van der Waals surface area contributed by atoms with E-state index in [1.807, 2.05) is 43.3 Å². The molecule has 0 saturated carbocycles. The fourth-order valence-corrected chi connectivity index (χ4v) is 3.72. The van der Waals surface area contributed by atoms with Gasteiger partial charge in [-0.05, 0) is 53.6 Å². The molecule has 2 N–H and O–H groups in total. The minimum absolute atomic E-state index is 0.214. The first-order chi connectivity index (χ1) is 18.4. The number of fused-ring (bicyclic) bond motifs is 1. The van der Waals surface area contributed by atoms with Gasteiger partial charge in [0.15, 0.2) is 11.5 Å². The summed E-state index contributed by atoms with van der Waals surface area (Å²) in [4.78, 5) is 37.6. The molecule has 0 aliphatic heterocycles. The zero-order valence-electron chi connectivity index (χ0n) is 21.0. The minimum Gasteiger partial charge on any atom is -0.493 e. The summed E-state index contributed by atoms with van der Waals surface area (Å²) in [6, 6.07) is 22.6. The number of hydrogen-bond acceptors (Lipinski definition) is 7. The van der Waals surface area contributed by atoms with Crippen LogP contribution in [0.3, 0.4) is 0 Å². The molecule has 4 aromatic carbocycles. The number of nitrogens with one attached hydrogen (secondary N) is 2. The van der Waals surface area contributed by atoms with Crippen LogP contribution in [-0.4, -0.2) is 38.2 Å². The highest BCUT2D eigenvalue weighted by molar-refractivity contribution is 6.39. The van der Waals surface area contributed by atoms with E-state index in [9.17, 15) is 14.4 Å². The highest BCUT2D eigenvalue weighted by atomic mass is 16.5. The predicted molar refractivity (Wildman–Crippen MR) is 144 cm³/mol. The Labute approximate surface area is 219 Å².